The van der Waals surface area contributed by atoms with Crippen LogP contribution >= 0.6 is 0 Å². The summed E-state index contributed by atoms with van der Waals surface area (Å²) in [6.45, 7) is 4.41. The van der Waals surface area contributed by atoms with Gasteiger partial charge in [0.1, 0.15) is 0 Å². The van der Waals surface area contributed by atoms with E-state index in [1.807, 2.05) is 0 Å². The van der Waals surface area contributed by atoms with Crippen LogP contribution in [0, 0.1) is 0 Å². The van der Waals surface area contributed by atoms with Gasteiger partial charge in [-0.1, -0.05) is 32.8 Å². The van der Waals surface area contributed by atoms with Gasteiger partial charge in [0.15, 0.2) is 0 Å². The second-order valence-corrected chi connectivity index (χ2v) is 3.47. The molecule has 0 saturated heterocycles. The van der Waals surface area contributed by atoms with Crippen LogP contribution in [-0.2, 0) is 12.8 Å². The standard InChI is InChI=1S/C12H19N/c1-3-5-8-12-10-6-9-11(13-12)7-4-2/h6,9-10H,3-5,7-8H2,1-2H3. The summed E-state index contributed by atoms with van der Waals surface area (Å²) in [6.07, 6.45) is 5.93. The van der Waals surface area contributed by atoms with Crippen molar-refractivity contribution in [2.45, 2.75) is 46.0 Å². The Balaban J connectivity index is 2.56. The molecule has 0 atom stereocenters. The van der Waals surface area contributed by atoms with E-state index in [-0.39, 0.29) is 0 Å². The Kier molecular flexibility index (Phi) is 4.52. The van der Waals surface area contributed by atoms with Crippen molar-refractivity contribution in [1.29, 1.82) is 0 Å². The third-order valence-electron chi connectivity index (χ3n) is 2.16. The number of aromatic nitrogens is 1. The Morgan fingerprint density at radius 3 is 2.31 bits per heavy atom. The van der Waals surface area contributed by atoms with Gasteiger partial charge in [-0.2, -0.15) is 0 Å². The molecule has 0 fully saturated rings. The summed E-state index contributed by atoms with van der Waals surface area (Å²) in [5.74, 6) is 0. The number of hydrogen-bond acceptors (Lipinski definition) is 1. The number of hydrogen-bond donors (Lipinski definition) is 0. The van der Waals surface area contributed by atoms with Gasteiger partial charge in [-0.15, -0.1) is 0 Å². The maximum Gasteiger partial charge on any atom is 0.0406 e. The van der Waals surface area contributed by atoms with Crippen LogP contribution in [0.15, 0.2) is 18.2 Å². The smallest absolute Gasteiger partial charge is 0.0406 e. The molecule has 72 valence electrons. The Morgan fingerprint density at radius 1 is 1.00 bits per heavy atom. The lowest BCUT2D eigenvalue weighted by molar-refractivity contribution is 0.765. The first-order valence-corrected chi connectivity index (χ1v) is 5.31. The molecule has 13 heavy (non-hydrogen) atoms. The van der Waals surface area contributed by atoms with Gasteiger partial charge >= 0.3 is 0 Å². The highest BCUT2D eigenvalue weighted by Gasteiger charge is 1.96. The van der Waals surface area contributed by atoms with Crippen molar-refractivity contribution >= 4 is 0 Å². The highest BCUT2D eigenvalue weighted by atomic mass is 14.7. The second kappa shape index (κ2) is 5.74. The zero-order chi connectivity index (χ0) is 9.52. The van der Waals surface area contributed by atoms with Crippen molar-refractivity contribution < 1.29 is 0 Å². The first-order valence-electron chi connectivity index (χ1n) is 5.31. The second-order valence-electron chi connectivity index (χ2n) is 3.47. The normalized spacial score (nSPS) is 10.3. The average molecular weight is 177 g/mol. The molecule has 0 aliphatic rings. The summed E-state index contributed by atoms with van der Waals surface area (Å²) in [5, 5.41) is 0. The predicted molar refractivity (Wildman–Crippen MR) is 56.8 cm³/mol. The fraction of sp³-hybridized carbons (Fsp3) is 0.583. The number of unbranched alkanes of at least 4 members (excludes halogenated alkanes) is 1. The molecule has 1 aromatic rings. The van der Waals surface area contributed by atoms with Crippen LogP contribution in [0.4, 0.5) is 0 Å². The maximum absolute atomic E-state index is 4.60. The molecule has 1 rings (SSSR count). The van der Waals surface area contributed by atoms with Gasteiger partial charge in [-0.05, 0) is 31.4 Å². The summed E-state index contributed by atoms with van der Waals surface area (Å²) in [6, 6.07) is 6.39. The van der Waals surface area contributed by atoms with Crippen molar-refractivity contribution in [1.82, 2.24) is 4.98 Å². The van der Waals surface area contributed by atoms with Gasteiger partial charge < -0.3 is 0 Å². The minimum atomic E-state index is 1.11. The van der Waals surface area contributed by atoms with Crippen molar-refractivity contribution in [3.8, 4) is 0 Å². The minimum Gasteiger partial charge on any atom is -0.258 e. The van der Waals surface area contributed by atoms with Gasteiger partial charge in [-0.25, -0.2) is 0 Å². The van der Waals surface area contributed by atoms with Crippen molar-refractivity contribution in [2.75, 3.05) is 0 Å². The molecule has 0 bridgehead atoms. The van der Waals surface area contributed by atoms with E-state index in [1.165, 1.54) is 30.7 Å². The van der Waals surface area contributed by atoms with Gasteiger partial charge in [0.25, 0.3) is 0 Å². The fourth-order valence-corrected chi connectivity index (χ4v) is 1.42. The molecular formula is C12H19N. The Bertz CT molecular complexity index is 243. The number of pyridine rings is 1. The van der Waals surface area contributed by atoms with Gasteiger partial charge in [0, 0.05) is 11.4 Å². The topological polar surface area (TPSA) is 12.9 Å². The molecule has 0 unspecified atom stereocenters. The van der Waals surface area contributed by atoms with Crippen molar-refractivity contribution in [2.24, 2.45) is 0 Å². The molecule has 0 spiro atoms. The predicted octanol–water partition coefficient (Wildman–Crippen LogP) is 3.38. The SMILES string of the molecule is CCCCc1cccc(CCC)n1. The largest absolute Gasteiger partial charge is 0.258 e. The van der Waals surface area contributed by atoms with Crippen LogP contribution in [0.3, 0.4) is 0 Å². The van der Waals surface area contributed by atoms with E-state index in [4.69, 9.17) is 0 Å². The number of nitrogens with zero attached hydrogens (tertiary/aromatic N) is 1. The lowest BCUT2D eigenvalue weighted by Gasteiger charge is -2.02. The molecule has 0 saturated carbocycles. The Morgan fingerprint density at radius 2 is 1.69 bits per heavy atom. The first-order chi connectivity index (χ1) is 6.36. The van der Waals surface area contributed by atoms with E-state index in [0.29, 0.717) is 0 Å². The van der Waals surface area contributed by atoms with E-state index in [9.17, 15) is 0 Å². The van der Waals surface area contributed by atoms with E-state index >= 15 is 0 Å². The summed E-state index contributed by atoms with van der Waals surface area (Å²) in [7, 11) is 0. The molecule has 1 aromatic heterocycles. The summed E-state index contributed by atoms with van der Waals surface area (Å²) < 4.78 is 0. The van der Waals surface area contributed by atoms with E-state index in [1.54, 1.807) is 0 Å². The van der Waals surface area contributed by atoms with E-state index < -0.39 is 0 Å². The van der Waals surface area contributed by atoms with E-state index in [0.717, 1.165) is 12.8 Å². The third-order valence-corrected chi connectivity index (χ3v) is 2.16. The van der Waals surface area contributed by atoms with Crippen LogP contribution in [0.2, 0.25) is 0 Å². The Hall–Kier alpha value is -0.850. The van der Waals surface area contributed by atoms with Crippen LogP contribution in [-0.4, -0.2) is 4.98 Å². The average Bonchev–Trinajstić information content (AvgIpc) is 2.16. The molecule has 0 aliphatic carbocycles. The van der Waals surface area contributed by atoms with Gasteiger partial charge in [-0.3, -0.25) is 4.98 Å². The zero-order valence-electron chi connectivity index (χ0n) is 8.71. The lowest BCUT2D eigenvalue weighted by Crippen LogP contribution is -1.94. The van der Waals surface area contributed by atoms with Gasteiger partial charge in [0.05, 0.1) is 0 Å². The molecule has 1 heterocycles. The van der Waals surface area contributed by atoms with Crippen molar-refractivity contribution in [3.05, 3.63) is 29.6 Å². The monoisotopic (exact) mass is 177 g/mol. The Labute approximate surface area is 81.2 Å². The molecular weight excluding hydrogens is 158 g/mol. The third kappa shape index (κ3) is 3.58. The molecule has 0 amide bonds. The molecule has 1 nitrogen and oxygen atoms in total. The van der Waals surface area contributed by atoms with Crippen LogP contribution < -0.4 is 0 Å². The van der Waals surface area contributed by atoms with Crippen LogP contribution in [0.1, 0.15) is 44.5 Å². The molecule has 0 radical (unpaired) electrons. The lowest BCUT2D eigenvalue weighted by atomic mass is 10.1. The quantitative estimate of drug-likeness (QED) is 0.672. The number of rotatable bonds is 5. The van der Waals surface area contributed by atoms with E-state index in [2.05, 4.69) is 37.0 Å². The van der Waals surface area contributed by atoms with Crippen LogP contribution in [0.5, 0.6) is 0 Å². The minimum absolute atomic E-state index is 1.11. The molecule has 0 aromatic carbocycles. The van der Waals surface area contributed by atoms with Gasteiger partial charge in [0.2, 0.25) is 0 Å². The number of aryl methyl sites for hydroxylation is 2. The summed E-state index contributed by atoms with van der Waals surface area (Å²) in [5.41, 5.74) is 2.50. The first kappa shape index (κ1) is 10.2. The summed E-state index contributed by atoms with van der Waals surface area (Å²) in [4.78, 5) is 4.60. The molecule has 1 heteroatoms. The molecule has 0 N–H and O–H groups in total. The highest BCUT2D eigenvalue weighted by molar-refractivity contribution is 5.11. The molecule has 0 aliphatic heterocycles. The highest BCUT2D eigenvalue weighted by Crippen LogP contribution is 2.05. The fourth-order valence-electron chi connectivity index (χ4n) is 1.42. The zero-order valence-corrected chi connectivity index (χ0v) is 8.71. The van der Waals surface area contributed by atoms with Crippen molar-refractivity contribution in [3.63, 3.8) is 0 Å². The summed E-state index contributed by atoms with van der Waals surface area (Å²) >= 11 is 0. The van der Waals surface area contributed by atoms with Crippen LogP contribution in [0.25, 0.3) is 0 Å². The maximum atomic E-state index is 4.60.